The number of methoxy groups -OCH3 is 2. The van der Waals surface area contributed by atoms with E-state index in [1.807, 2.05) is 0 Å². The summed E-state index contributed by atoms with van der Waals surface area (Å²) in [6, 6.07) is 4.53. The van der Waals surface area contributed by atoms with Crippen molar-refractivity contribution in [3.8, 4) is 28.7 Å². The number of aromatic hydroxyl groups is 3. The molecular formula is C19H20O10. The smallest absolute Gasteiger partial charge is 0.342 e. The van der Waals surface area contributed by atoms with Gasteiger partial charge in [-0.25, -0.2) is 4.79 Å². The van der Waals surface area contributed by atoms with Crippen LogP contribution in [0.1, 0.15) is 22.6 Å². The van der Waals surface area contributed by atoms with Gasteiger partial charge < -0.3 is 45.2 Å². The van der Waals surface area contributed by atoms with Gasteiger partial charge in [0.1, 0.15) is 0 Å². The number of carboxylic acids is 1. The number of aliphatic carboxylic acids is 1. The fraction of sp³-hybridized carbons (Fsp3) is 0.316. The molecular weight excluding hydrogens is 388 g/mol. The molecule has 0 aliphatic heterocycles. The molecule has 7 N–H and O–H groups in total. The molecule has 1 aliphatic carbocycles. The minimum absolute atomic E-state index is 0.00481. The summed E-state index contributed by atoms with van der Waals surface area (Å²) in [6.45, 7) is 0. The topological polar surface area (TPSA) is 177 Å². The molecule has 3 rings (SSSR count). The fourth-order valence-corrected chi connectivity index (χ4v) is 3.72. The Hall–Kier alpha value is -3.21. The second kappa shape index (κ2) is 6.69. The second-order valence-corrected chi connectivity index (χ2v) is 6.81. The SMILES string of the molecule is COc1cc2c(cc1O)[C@@H](c1cc(O)c(O)c(OC)c1)[C@@](O)(C(=O)O)C(O)(O)C2. The first-order chi connectivity index (χ1) is 13.5. The van der Waals surface area contributed by atoms with E-state index in [2.05, 4.69) is 0 Å². The van der Waals surface area contributed by atoms with E-state index in [4.69, 9.17) is 9.47 Å². The summed E-state index contributed by atoms with van der Waals surface area (Å²) in [5, 5.41) is 71.7. The Kier molecular flexibility index (Phi) is 4.74. The Balaban J connectivity index is 2.39. The first-order valence-corrected chi connectivity index (χ1v) is 8.38. The maximum absolute atomic E-state index is 12.0. The number of phenols is 3. The van der Waals surface area contributed by atoms with Crippen molar-refractivity contribution in [3.05, 3.63) is 41.0 Å². The Labute approximate surface area is 164 Å². The van der Waals surface area contributed by atoms with Crippen LogP contribution in [0.5, 0.6) is 28.7 Å². The van der Waals surface area contributed by atoms with E-state index in [1.165, 1.54) is 20.3 Å². The number of rotatable bonds is 4. The second-order valence-electron chi connectivity index (χ2n) is 6.81. The molecule has 1 aliphatic rings. The van der Waals surface area contributed by atoms with Crippen LogP contribution in [0.4, 0.5) is 0 Å². The first kappa shape index (κ1) is 20.5. The van der Waals surface area contributed by atoms with Crippen molar-refractivity contribution in [2.75, 3.05) is 14.2 Å². The van der Waals surface area contributed by atoms with Crippen LogP contribution in [-0.4, -0.2) is 67.3 Å². The van der Waals surface area contributed by atoms with Gasteiger partial charge in [-0.1, -0.05) is 0 Å². The van der Waals surface area contributed by atoms with E-state index < -0.39 is 41.2 Å². The van der Waals surface area contributed by atoms with Crippen LogP contribution in [0.2, 0.25) is 0 Å². The molecule has 0 saturated heterocycles. The zero-order valence-electron chi connectivity index (χ0n) is 15.4. The van der Waals surface area contributed by atoms with Crippen LogP contribution in [0.3, 0.4) is 0 Å². The van der Waals surface area contributed by atoms with E-state index in [9.17, 15) is 40.5 Å². The van der Waals surface area contributed by atoms with Crippen molar-refractivity contribution in [2.45, 2.75) is 23.7 Å². The summed E-state index contributed by atoms with van der Waals surface area (Å²) in [7, 11) is 2.47. The van der Waals surface area contributed by atoms with Crippen LogP contribution in [0.25, 0.3) is 0 Å². The van der Waals surface area contributed by atoms with Gasteiger partial charge in [0.05, 0.1) is 20.1 Å². The molecule has 0 aromatic heterocycles. The van der Waals surface area contributed by atoms with Gasteiger partial charge in [0.25, 0.3) is 0 Å². The highest BCUT2D eigenvalue weighted by atomic mass is 16.5. The summed E-state index contributed by atoms with van der Waals surface area (Å²) < 4.78 is 9.96. The summed E-state index contributed by atoms with van der Waals surface area (Å²) in [6.07, 6.45) is -0.681. The van der Waals surface area contributed by atoms with Crippen molar-refractivity contribution in [3.63, 3.8) is 0 Å². The highest BCUT2D eigenvalue weighted by molar-refractivity contribution is 5.83. The lowest BCUT2D eigenvalue weighted by atomic mass is 9.65. The van der Waals surface area contributed by atoms with E-state index in [-0.39, 0.29) is 33.9 Å². The van der Waals surface area contributed by atoms with Crippen molar-refractivity contribution in [2.24, 2.45) is 0 Å². The van der Waals surface area contributed by atoms with Crippen molar-refractivity contribution in [1.29, 1.82) is 0 Å². The molecule has 0 spiro atoms. The number of benzene rings is 2. The van der Waals surface area contributed by atoms with Crippen LogP contribution in [0, 0.1) is 0 Å². The molecule has 0 bridgehead atoms. The van der Waals surface area contributed by atoms with Gasteiger partial charge in [-0.2, -0.15) is 0 Å². The third kappa shape index (κ3) is 2.89. The molecule has 29 heavy (non-hydrogen) atoms. The lowest BCUT2D eigenvalue weighted by molar-refractivity contribution is -0.280. The lowest BCUT2D eigenvalue weighted by Crippen LogP contribution is -2.66. The van der Waals surface area contributed by atoms with Crippen molar-refractivity contribution in [1.82, 2.24) is 0 Å². The zero-order valence-corrected chi connectivity index (χ0v) is 15.4. The lowest BCUT2D eigenvalue weighted by Gasteiger charge is -2.46. The Bertz CT molecular complexity index is 983. The molecule has 2 aromatic rings. The summed E-state index contributed by atoms with van der Waals surface area (Å²) in [5.41, 5.74) is -3.04. The third-order valence-corrected chi connectivity index (χ3v) is 5.17. The number of hydrogen-bond acceptors (Lipinski definition) is 9. The number of ether oxygens (including phenoxy) is 2. The third-order valence-electron chi connectivity index (χ3n) is 5.17. The molecule has 0 heterocycles. The van der Waals surface area contributed by atoms with Gasteiger partial charge in [0.2, 0.25) is 17.1 Å². The normalized spacial score (nSPS) is 22.6. The van der Waals surface area contributed by atoms with Gasteiger partial charge in [-0.15, -0.1) is 0 Å². The number of aliphatic hydroxyl groups is 3. The van der Waals surface area contributed by atoms with E-state index in [1.54, 1.807) is 0 Å². The molecule has 2 aromatic carbocycles. The minimum atomic E-state index is -3.17. The predicted octanol–water partition coefficient (Wildman–Crippen LogP) is 0.00520. The average molecular weight is 408 g/mol. The summed E-state index contributed by atoms with van der Waals surface area (Å²) in [5.74, 6) is -8.65. The molecule has 0 saturated carbocycles. The largest absolute Gasteiger partial charge is 0.504 e. The highest BCUT2D eigenvalue weighted by Crippen LogP contribution is 2.52. The monoisotopic (exact) mass is 408 g/mol. The minimum Gasteiger partial charge on any atom is -0.504 e. The number of carboxylic acid groups (broad SMARTS) is 1. The number of phenolic OH excluding ortho intramolecular Hbond substituents is 3. The zero-order chi connectivity index (χ0) is 21.7. The molecule has 2 atom stereocenters. The maximum Gasteiger partial charge on any atom is 0.342 e. The molecule has 0 unspecified atom stereocenters. The summed E-state index contributed by atoms with van der Waals surface area (Å²) in [4.78, 5) is 12.0. The van der Waals surface area contributed by atoms with Gasteiger partial charge in [-0.05, 0) is 41.0 Å². The van der Waals surface area contributed by atoms with Crippen LogP contribution in [-0.2, 0) is 11.2 Å². The van der Waals surface area contributed by atoms with Gasteiger partial charge in [-0.3, -0.25) is 0 Å². The van der Waals surface area contributed by atoms with Crippen LogP contribution >= 0.6 is 0 Å². The molecule has 0 radical (unpaired) electrons. The molecule has 0 amide bonds. The standard InChI is InChI=1S/C19H20O10/c1-28-13-5-9-7-18(25,26)19(27,17(23)24)15(10(9)6-11(13)20)8-3-12(21)16(22)14(4-8)29-2/h3-6,15,20-22,25-27H,7H2,1-2H3,(H,23,24)/t15-,19-/m1/s1. The highest BCUT2D eigenvalue weighted by Gasteiger charge is 2.63. The van der Waals surface area contributed by atoms with E-state index in [0.29, 0.717) is 0 Å². The number of hydrogen-bond donors (Lipinski definition) is 7. The number of fused-ring (bicyclic) bond motifs is 1. The number of carbonyl (C=O) groups is 1. The van der Waals surface area contributed by atoms with Crippen molar-refractivity contribution >= 4 is 5.97 Å². The first-order valence-electron chi connectivity index (χ1n) is 8.38. The van der Waals surface area contributed by atoms with Crippen molar-refractivity contribution < 1.29 is 50.0 Å². The quantitative estimate of drug-likeness (QED) is 0.269. The van der Waals surface area contributed by atoms with E-state index >= 15 is 0 Å². The molecule has 156 valence electrons. The average Bonchev–Trinajstić information content (AvgIpc) is 2.64. The van der Waals surface area contributed by atoms with E-state index in [0.717, 1.165) is 18.2 Å². The summed E-state index contributed by atoms with van der Waals surface area (Å²) >= 11 is 0. The molecule has 10 nitrogen and oxygen atoms in total. The Morgan fingerprint density at radius 1 is 0.966 bits per heavy atom. The maximum atomic E-state index is 12.0. The van der Waals surface area contributed by atoms with Gasteiger partial charge >= 0.3 is 5.97 Å². The Morgan fingerprint density at radius 3 is 2.14 bits per heavy atom. The predicted molar refractivity (Wildman–Crippen MR) is 96.3 cm³/mol. The van der Waals surface area contributed by atoms with Crippen LogP contribution < -0.4 is 9.47 Å². The Morgan fingerprint density at radius 2 is 1.59 bits per heavy atom. The fourth-order valence-electron chi connectivity index (χ4n) is 3.72. The molecule has 10 heteroatoms. The van der Waals surface area contributed by atoms with Gasteiger partial charge in [0, 0.05) is 6.42 Å². The van der Waals surface area contributed by atoms with Gasteiger partial charge in [0.15, 0.2) is 23.0 Å². The molecule has 0 fully saturated rings. The van der Waals surface area contributed by atoms with Crippen LogP contribution in [0.15, 0.2) is 24.3 Å².